The molecule has 3 aromatic rings. The molecule has 0 spiro atoms. The molecule has 1 N–H and O–H groups in total. The highest BCUT2D eigenvalue weighted by molar-refractivity contribution is 7.16. The first kappa shape index (κ1) is 11.6. The Bertz CT molecular complexity index is 754. The molecule has 94 valence electrons. The number of carbonyl (C=O) groups is 1. The van der Waals surface area contributed by atoms with E-state index in [1.54, 1.807) is 18.2 Å². The van der Waals surface area contributed by atoms with Crippen LogP contribution in [-0.4, -0.2) is 21.0 Å². The van der Waals surface area contributed by atoms with Gasteiger partial charge in [-0.3, -0.25) is 0 Å². The lowest BCUT2D eigenvalue weighted by Crippen LogP contribution is -2.00. The molecule has 2 aromatic heterocycles. The number of aromatic carboxylic acids is 1. The Balaban J connectivity index is 2.06. The maximum atomic E-state index is 11.1. The molecule has 0 aliphatic heterocycles. The number of thiophene rings is 1. The van der Waals surface area contributed by atoms with Crippen LogP contribution in [0, 0.1) is 0 Å². The summed E-state index contributed by atoms with van der Waals surface area (Å²) in [6.45, 7) is 0. The van der Waals surface area contributed by atoms with Gasteiger partial charge in [-0.15, -0.1) is 11.3 Å². The molecule has 0 bridgehead atoms. The Labute approximate surface area is 112 Å². The summed E-state index contributed by atoms with van der Waals surface area (Å²) >= 11 is 1.48. The van der Waals surface area contributed by atoms with E-state index in [1.165, 1.54) is 23.7 Å². The fourth-order valence-electron chi connectivity index (χ4n) is 1.69. The summed E-state index contributed by atoms with van der Waals surface area (Å²) in [6, 6.07) is 8.30. The normalized spacial score (nSPS) is 10.5. The van der Waals surface area contributed by atoms with Gasteiger partial charge in [-0.2, -0.15) is 0 Å². The topological polar surface area (TPSA) is 72.3 Å². The fraction of sp³-hybridized carbons (Fsp3) is 0. The van der Waals surface area contributed by atoms with Crippen LogP contribution in [-0.2, 0) is 0 Å². The van der Waals surface area contributed by atoms with Gasteiger partial charge >= 0.3 is 5.97 Å². The second-order valence-electron chi connectivity index (χ2n) is 3.72. The number of ether oxygens (including phenoxy) is 1. The summed E-state index contributed by atoms with van der Waals surface area (Å²) < 4.78 is 5.62. The van der Waals surface area contributed by atoms with E-state index in [-0.39, 0.29) is 11.3 Å². The second-order valence-corrected chi connectivity index (χ2v) is 4.62. The highest BCUT2D eigenvalue weighted by Crippen LogP contribution is 2.30. The number of hydrogen-bond donors (Lipinski definition) is 1. The second kappa shape index (κ2) is 4.66. The third kappa shape index (κ3) is 2.13. The maximum Gasteiger partial charge on any atom is 0.339 e. The molecule has 5 nitrogen and oxygen atoms in total. The van der Waals surface area contributed by atoms with E-state index in [9.17, 15) is 4.79 Å². The monoisotopic (exact) mass is 272 g/mol. The average molecular weight is 272 g/mol. The van der Waals surface area contributed by atoms with Crippen molar-refractivity contribution in [1.29, 1.82) is 0 Å². The molecule has 0 unspecified atom stereocenters. The molecule has 0 saturated heterocycles. The van der Waals surface area contributed by atoms with Crippen molar-refractivity contribution in [3.63, 3.8) is 0 Å². The highest BCUT2D eigenvalue weighted by Gasteiger charge is 2.13. The number of benzene rings is 1. The van der Waals surface area contributed by atoms with Gasteiger partial charge < -0.3 is 9.84 Å². The summed E-state index contributed by atoms with van der Waals surface area (Å²) in [4.78, 5) is 20.1. The van der Waals surface area contributed by atoms with Crippen molar-refractivity contribution in [2.45, 2.75) is 0 Å². The number of rotatable bonds is 3. The lowest BCUT2D eigenvalue weighted by Gasteiger charge is -2.07. The predicted octanol–water partition coefficient (Wildman–Crippen LogP) is 3.18. The van der Waals surface area contributed by atoms with Gasteiger partial charge in [0, 0.05) is 0 Å². The number of carboxylic acid groups (broad SMARTS) is 1. The van der Waals surface area contributed by atoms with Crippen molar-refractivity contribution in [2.24, 2.45) is 0 Å². The number of para-hydroxylation sites is 1. The number of nitrogens with zero attached hydrogens (tertiary/aromatic N) is 2. The molecule has 0 radical (unpaired) electrons. The molecule has 6 heteroatoms. The fourth-order valence-corrected chi connectivity index (χ4v) is 2.41. The van der Waals surface area contributed by atoms with Gasteiger partial charge in [0.2, 0.25) is 5.88 Å². The molecular weight excluding hydrogens is 264 g/mol. The highest BCUT2D eigenvalue weighted by atomic mass is 32.1. The Kier molecular flexibility index (Phi) is 2.85. The standard InChI is InChI=1S/C13H8N2O3S/c16-13(17)8-3-1-2-4-10(8)18-11-9-5-6-19-12(9)15-7-14-11/h1-7H,(H,16,17). The van der Waals surface area contributed by atoms with Gasteiger partial charge in [-0.25, -0.2) is 14.8 Å². The first-order valence-corrected chi connectivity index (χ1v) is 6.32. The van der Waals surface area contributed by atoms with E-state index in [1.807, 2.05) is 11.4 Å². The van der Waals surface area contributed by atoms with Gasteiger partial charge in [0.25, 0.3) is 0 Å². The molecule has 1 aromatic carbocycles. The van der Waals surface area contributed by atoms with Crippen molar-refractivity contribution in [1.82, 2.24) is 9.97 Å². The molecule has 19 heavy (non-hydrogen) atoms. The van der Waals surface area contributed by atoms with E-state index in [0.29, 0.717) is 5.88 Å². The maximum absolute atomic E-state index is 11.1. The first-order chi connectivity index (χ1) is 9.25. The molecule has 0 amide bonds. The number of carboxylic acids is 1. The van der Waals surface area contributed by atoms with Gasteiger partial charge in [0.05, 0.1) is 5.39 Å². The van der Waals surface area contributed by atoms with Gasteiger partial charge in [-0.05, 0) is 23.6 Å². The molecule has 0 aliphatic carbocycles. The quantitative estimate of drug-likeness (QED) is 0.792. The Morgan fingerprint density at radius 1 is 1.21 bits per heavy atom. The van der Waals surface area contributed by atoms with Gasteiger partial charge in [-0.1, -0.05) is 12.1 Å². The number of hydrogen-bond acceptors (Lipinski definition) is 5. The van der Waals surface area contributed by atoms with Crippen LogP contribution in [0.25, 0.3) is 10.2 Å². The summed E-state index contributed by atoms with van der Waals surface area (Å²) in [7, 11) is 0. The minimum absolute atomic E-state index is 0.101. The van der Waals surface area contributed by atoms with Crippen LogP contribution in [0.15, 0.2) is 42.0 Å². The zero-order valence-corrected chi connectivity index (χ0v) is 10.4. The average Bonchev–Trinajstić information content (AvgIpc) is 2.88. The predicted molar refractivity (Wildman–Crippen MR) is 70.9 cm³/mol. The molecule has 0 fully saturated rings. The zero-order chi connectivity index (χ0) is 13.2. The summed E-state index contributed by atoms with van der Waals surface area (Å²) in [5, 5.41) is 11.8. The third-order valence-corrected chi connectivity index (χ3v) is 3.37. The Morgan fingerprint density at radius 3 is 2.89 bits per heavy atom. The van der Waals surface area contributed by atoms with Gasteiger partial charge in [0.15, 0.2) is 0 Å². The first-order valence-electron chi connectivity index (χ1n) is 5.44. The lowest BCUT2D eigenvalue weighted by molar-refractivity contribution is 0.0694. The van der Waals surface area contributed by atoms with Gasteiger partial charge in [0.1, 0.15) is 22.5 Å². The van der Waals surface area contributed by atoms with Crippen molar-refractivity contribution < 1.29 is 14.6 Å². The SMILES string of the molecule is O=C(O)c1ccccc1Oc1ncnc2sccc12. The Morgan fingerprint density at radius 2 is 2.05 bits per heavy atom. The van der Waals surface area contributed by atoms with Crippen LogP contribution >= 0.6 is 11.3 Å². The molecule has 0 aliphatic rings. The Hall–Kier alpha value is -2.47. The summed E-state index contributed by atoms with van der Waals surface area (Å²) in [5.41, 5.74) is 0.101. The van der Waals surface area contributed by atoms with Crippen molar-refractivity contribution in [3.8, 4) is 11.6 Å². The van der Waals surface area contributed by atoms with Crippen LogP contribution in [0.3, 0.4) is 0 Å². The minimum Gasteiger partial charge on any atom is -0.478 e. The van der Waals surface area contributed by atoms with Crippen LogP contribution in [0.2, 0.25) is 0 Å². The smallest absolute Gasteiger partial charge is 0.339 e. The zero-order valence-electron chi connectivity index (χ0n) is 9.61. The van der Waals surface area contributed by atoms with Crippen molar-refractivity contribution in [2.75, 3.05) is 0 Å². The van der Waals surface area contributed by atoms with Crippen LogP contribution in [0.4, 0.5) is 0 Å². The van der Waals surface area contributed by atoms with E-state index < -0.39 is 5.97 Å². The molecular formula is C13H8N2O3S. The summed E-state index contributed by atoms with van der Waals surface area (Å²) in [6.07, 6.45) is 1.40. The van der Waals surface area contributed by atoms with Crippen molar-refractivity contribution >= 4 is 27.5 Å². The minimum atomic E-state index is -1.04. The van der Waals surface area contributed by atoms with E-state index in [0.717, 1.165) is 10.2 Å². The molecule has 3 rings (SSSR count). The van der Waals surface area contributed by atoms with Crippen LogP contribution in [0.5, 0.6) is 11.6 Å². The lowest BCUT2D eigenvalue weighted by atomic mass is 10.2. The van der Waals surface area contributed by atoms with E-state index >= 15 is 0 Å². The van der Waals surface area contributed by atoms with E-state index in [4.69, 9.17) is 9.84 Å². The third-order valence-electron chi connectivity index (χ3n) is 2.55. The number of aromatic nitrogens is 2. The van der Waals surface area contributed by atoms with E-state index in [2.05, 4.69) is 9.97 Å². The molecule has 0 atom stereocenters. The van der Waals surface area contributed by atoms with Crippen LogP contribution < -0.4 is 4.74 Å². The largest absolute Gasteiger partial charge is 0.478 e. The van der Waals surface area contributed by atoms with Crippen LogP contribution in [0.1, 0.15) is 10.4 Å². The molecule has 2 heterocycles. The number of fused-ring (bicyclic) bond motifs is 1. The van der Waals surface area contributed by atoms with Crippen molar-refractivity contribution in [3.05, 3.63) is 47.6 Å². The summed E-state index contributed by atoms with van der Waals surface area (Å²) in [5.74, 6) is -0.410. The molecule has 0 saturated carbocycles.